The second kappa shape index (κ2) is 11.4. The van der Waals surface area contributed by atoms with Crippen LogP contribution in [0.25, 0.3) is 0 Å². The first kappa shape index (κ1) is 30.6. The van der Waals surface area contributed by atoms with Crippen LogP contribution >= 0.6 is 23.2 Å². The predicted molar refractivity (Wildman–Crippen MR) is 146 cm³/mol. The zero-order valence-electron chi connectivity index (χ0n) is 22.5. The fraction of sp³-hybridized carbons (Fsp3) is 0.464. The minimum absolute atomic E-state index is 0.0146. The van der Waals surface area contributed by atoms with Crippen LogP contribution in [0.2, 0.25) is 0 Å². The molecule has 0 amide bonds. The number of aliphatic hydroxyl groups excluding tert-OH is 2. The number of alkyl halides is 2. The minimum atomic E-state index is -2.28. The van der Waals surface area contributed by atoms with Crippen molar-refractivity contribution < 1.29 is 54.1 Å². The van der Waals surface area contributed by atoms with Gasteiger partial charge in [0.25, 0.3) is 0 Å². The molecule has 0 aromatic heterocycles. The number of carbonyl (C=O) groups excluding carboxylic acids is 3. The van der Waals surface area contributed by atoms with Crippen molar-refractivity contribution in [2.45, 2.75) is 67.4 Å². The summed E-state index contributed by atoms with van der Waals surface area (Å²) in [5.74, 6) is -3.88. The van der Waals surface area contributed by atoms with Gasteiger partial charge in [-0.25, -0.2) is 0 Å². The van der Waals surface area contributed by atoms with E-state index >= 15 is 0 Å². The maximum Gasteiger partial charge on any atom is 0.202 e. The molecule has 6 N–H and O–H groups in total. The number of methoxy groups -OCH3 is 1. The van der Waals surface area contributed by atoms with Gasteiger partial charge in [-0.05, 0) is 13.0 Å². The van der Waals surface area contributed by atoms with Crippen LogP contribution in [0.4, 0.5) is 0 Å². The summed E-state index contributed by atoms with van der Waals surface area (Å²) < 4.78 is 17.2. The molecule has 1 heterocycles. The minimum Gasteiger partial charge on any atom is -0.507 e. The molecule has 6 atom stereocenters. The number of aromatic hydroxyl groups is 2. The Morgan fingerprint density at radius 1 is 1.17 bits per heavy atom. The Labute approximate surface area is 249 Å². The number of nitrogens with one attached hydrogen (secondary N) is 1. The zero-order valence-corrected chi connectivity index (χ0v) is 24.0. The smallest absolute Gasteiger partial charge is 0.202 e. The highest BCUT2D eigenvalue weighted by atomic mass is 35.5. The van der Waals surface area contributed by atoms with Crippen molar-refractivity contribution in [3.05, 3.63) is 51.6 Å². The number of phenols is 2. The van der Waals surface area contributed by atoms with Gasteiger partial charge in [0.2, 0.25) is 5.78 Å². The van der Waals surface area contributed by atoms with Gasteiger partial charge in [0.1, 0.15) is 29.5 Å². The molecule has 0 bridgehead atoms. The summed E-state index contributed by atoms with van der Waals surface area (Å²) in [6, 6.07) is 3.64. The Morgan fingerprint density at radius 3 is 2.50 bits per heavy atom. The van der Waals surface area contributed by atoms with E-state index in [2.05, 4.69) is 5.32 Å². The van der Waals surface area contributed by atoms with Gasteiger partial charge in [0, 0.05) is 42.0 Å². The van der Waals surface area contributed by atoms with Crippen LogP contribution in [0.1, 0.15) is 68.8 Å². The molecular weight excluding hydrogens is 597 g/mol. The quantitative estimate of drug-likeness (QED) is 0.126. The van der Waals surface area contributed by atoms with Gasteiger partial charge in [-0.15, -0.1) is 0 Å². The predicted octanol–water partition coefficient (Wildman–Crippen LogP) is 1.39. The number of hydrogen-bond donors (Lipinski definition) is 6. The highest BCUT2D eigenvalue weighted by molar-refractivity contribution is 6.43. The van der Waals surface area contributed by atoms with E-state index in [1.165, 1.54) is 25.3 Å². The van der Waals surface area contributed by atoms with Crippen molar-refractivity contribution in [3.8, 4) is 17.2 Å². The third-order valence-electron chi connectivity index (χ3n) is 8.10. The van der Waals surface area contributed by atoms with Crippen LogP contribution in [0.3, 0.4) is 0 Å². The van der Waals surface area contributed by atoms with Gasteiger partial charge in [0.15, 0.2) is 22.8 Å². The number of Topliss-reactive ketones (excluding diaryl/α,β-unsaturated/α-hetero) is 1. The summed E-state index contributed by atoms with van der Waals surface area (Å²) in [5.41, 5.74) is -3.77. The lowest BCUT2D eigenvalue weighted by atomic mass is 9.72. The highest BCUT2D eigenvalue weighted by Gasteiger charge is 2.50. The molecule has 1 fully saturated rings. The summed E-state index contributed by atoms with van der Waals surface area (Å²) >= 11 is 11.7. The molecule has 0 saturated carbocycles. The first-order chi connectivity index (χ1) is 19.8. The second-order valence-electron chi connectivity index (χ2n) is 10.6. The van der Waals surface area contributed by atoms with Crippen molar-refractivity contribution in [3.63, 3.8) is 0 Å². The molecule has 1 saturated heterocycles. The molecule has 2 aromatic carbocycles. The summed E-state index contributed by atoms with van der Waals surface area (Å²) in [7, 11) is 1.32. The fourth-order valence-corrected chi connectivity index (χ4v) is 6.37. The fourth-order valence-electron chi connectivity index (χ4n) is 6.04. The summed E-state index contributed by atoms with van der Waals surface area (Å²) in [4.78, 5) is 39.0. The molecule has 42 heavy (non-hydrogen) atoms. The van der Waals surface area contributed by atoms with Crippen molar-refractivity contribution >= 4 is 40.6 Å². The van der Waals surface area contributed by atoms with Crippen LogP contribution < -0.4 is 10.1 Å². The lowest BCUT2D eigenvalue weighted by Gasteiger charge is -2.43. The second-order valence-corrected chi connectivity index (χ2v) is 11.7. The molecule has 1 aliphatic heterocycles. The maximum absolute atomic E-state index is 13.7. The van der Waals surface area contributed by atoms with E-state index in [1.807, 2.05) is 0 Å². The molecule has 0 radical (unpaired) electrons. The number of fused-ring (bicyclic) bond motifs is 3. The zero-order chi connectivity index (χ0) is 30.7. The van der Waals surface area contributed by atoms with Crippen molar-refractivity contribution in [2.24, 2.45) is 0 Å². The van der Waals surface area contributed by atoms with Crippen molar-refractivity contribution in [1.29, 1.82) is 0 Å². The number of hydrogen-bond acceptors (Lipinski definition) is 12. The van der Waals surface area contributed by atoms with Gasteiger partial charge in [-0.1, -0.05) is 35.3 Å². The van der Waals surface area contributed by atoms with Gasteiger partial charge in [-0.2, -0.15) is 0 Å². The molecule has 3 aliphatic rings. The number of phenolic OH excluding ortho intramolecular Hbond substituents is 2. The monoisotopic (exact) mass is 625 g/mol. The molecule has 14 heteroatoms. The van der Waals surface area contributed by atoms with Crippen molar-refractivity contribution in [2.75, 3.05) is 13.7 Å². The van der Waals surface area contributed by atoms with E-state index in [0.717, 1.165) is 0 Å². The van der Waals surface area contributed by atoms with Gasteiger partial charge in [0.05, 0.1) is 42.1 Å². The van der Waals surface area contributed by atoms with Crippen LogP contribution in [-0.2, 0) is 20.7 Å². The van der Waals surface area contributed by atoms with E-state index in [-0.39, 0.29) is 34.4 Å². The third kappa shape index (κ3) is 4.95. The standard InChI is InChI=1S/C28H29Cl2NO11/c1-10-22(34)13(31-27(29)30)6-17(41-10)42-15-8-28(39,16(33)9-32)7-12-19(15)26(38)21-20(24(12)36)23(35)11-4-3-5-14(40-2)18(11)25(21)37/h3-5,10,13,15,17,22,27,31-32,34,36,38-39H,6-9H2,1-2H3/t10?,13?,15-,17?,22?,28-/m0/s1. The van der Waals surface area contributed by atoms with Crippen LogP contribution in [-0.4, -0.2) is 91.7 Å². The van der Waals surface area contributed by atoms with E-state index in [9.17, 15) is 39.9 Å². The first-order valence-corrected chi connectivity index (χ1v) is 14.0. The average Bonchev–Trinajstić information content (AvgIpc) is 2.94. The van der Waals surface area contributed by atoms with E-state index in [1.54, 1.807) is 6.92 Å². The Balaban J connectivity index is 1.65. The number of ether oxygens (including phenoxy) is 3. The number of halogens is 2. The van der Waals surface area contributed by atoms with Crippen LogP contribution in [0.15, 0.2) is 18.2 Å². The molecule has 2 aromatic rings. The van der Waals surface area contributed by atoms with Crippen molar-refractivity contribution in [1.82, 2.24) is 5.32 Å². The molecule has 0 spiro atoms. The molecule has 12 nitrogen and oxygen atoms in total. The summed E-state index contributed by atoms with van der Waals surface area (Å²) in [6.07, 6.45) is -5.43. The van der Waals surface area contributed by atoms with E-state index in [0.29, 0.717) is 0 Å². The number of rotatable bonds is 7. The molecule has 2 aliphatic carbocycles. The number of benzene rings is 2. The third-order valence-corrected chi connectivity index (χ3v) is 8.35. The van der Waals surface area contributed by atoms with Gasteiger partial charge in [-0.3, -0.25) is 19.7 Å². The summed E-state index contributed by atoms with van der Waals surface area (Å²) in [5, 5.41) is 57.2. The first-order valence-electron chi connectivity index (χ1n) is 13.1. The SMILES string of the molecule is COc1cccc2c1C(=O)c1c(O)c3c(c(O)c1C2=O)C[C@@](O)(C(=O)CO)C[C@@H]3OC1CC(NC(Cl)Cl)C(O)C(C)O1. The Morgan fingerprint density at radius 2 is 1.86 bits per heavy atom. The normalized spacial score (nSPS) is 28.7. The average molecular weight is 626 g/mol. The van der Waals surface area contributed by atoms with Gasteiger partial charge < -0.3 is 39.7 Å². The Kier molecular flexibility index (Phi) is 8.29. The molecular formula is C28H29Cl2NO11. The number of carbonyl (C=O) groups is 3. The van der Waals surface area contributed by atoms with Crippen LogP contribution in [0, 0.1) is 0 Å². The van der Waals surface area contributed by atoms with Crippen LogP contribution in [0.5, 0.6) is 17.2 Å². The Bertz CT molecular complexity index is 1460. The molecule has 5 rings (SSSR count). The summed E-state index contributed by atoms with van der Waals surface area (Å²) in [6.45, 7) is 0.532. The number of ketones is 3. The van der Waals surface area contributed by atoms with E-state index < -0.39 is 101 Å². The molecule has 4 unspecified atom stereocenters. The largest absolute Gasteiger partial charge is 0.507 e. The lowest BCUT2D eigenvalue weighted by molar-refractivity contribution is -0.249. The number of aliphatic hydroxyl groups is 3. The maximum atomic E-state index is 13.7. The lowest BCUT2D eigenvalue weighted by Crippen LogP contribution is -2.55. The Hall–Kier alpha value is -2.81. The highest BCUT2D eigenvalue weighted by Crippen LogP contribution is 2.52. The molecule has 226 valence electrons. The topological polar surface area (TPSA) is 192 Å². The van der Waals surface area contributed by atoms with E-state index in [4.69, 9.17) is 37.4 Å². The van der Waals surface area contributed by atoms with Gasteiger partial charge >= 0.3 is 0 Å².